The van der Waals surface area contributed by atoms with Crippen LogP contribution in [0.5, 0.6) is 0 Å². The second-order valence-electron chi connectivity index (χ2n) is 7.62. The summed E-state index contributed by atoms with van der Waals surface area (Å²) < 4.78 is 5.18. The molecule has 1 amide bonds. The Bertz CT molecular complexity index is 812. The minimum Gasteiger partial charge on any atom is -0.361 e. The number of nitrogens with zero attached hydrogens (tertiary/aromatic N) is 6. The maximum absolute atomic E-state index is 12.6. The van der Waals surface area contributed by atoms with E-state index in [1.807, 2.05) is 25.1 Å². The van der Waals surface area contributed by atoms with Gasteiger partial charge in [0.05, 0.1) is 18.1 Å². The summed E-state index contributed by atoms with van der Waals surface area (Å²) in [6, 6.07) is 0.365. The summed E-state index contributed by atoms with van der Waals surface area (Å²) >= 11 is 0. The van der Waals surface area contributed by atoms with Crippen molar-refractivity contribution >= 4 is 18.1 Å². The molecule has 150 valence electrons. The quantitative estimate of drug-likeness (QED) is 0.773. The van der Waals surface area contributed by atoms with Crippen LogP contribution in [0.2, 0.25) is 0 Å². The third-order valence-corrected chi connectivity index (χ3v) is 5.80. The molecule has 3 aliphatic rings. The molecule has 4 rings (SSSR count). The zero-order chi connectivity index (χ0) is 19.7. The average molecular weight is 384 g/mol. The summed E-state index contributed by atoms with van der Waals surface area (Å²) in [5.41, 5.74) is 1.94. The Labute approximate surface area is 165 Å². The van der Waals surface area contributed by atoms with Gasteiger partial charge in [-0.05, 0) is 26.7 Å². The largest absolute Gasteiger partial charge is 0.361 e. The summed E-state index contributed by atoms with van der Waals surface area (Å²) in [4.78, 5) is 28.3. The number of amides is 1. The number of aryl methyl sites for hydroxylation is 2. The minimum absolute atomic E-state index is 0.193. The maximum atomic E-state index is 12.6. The molecule has 1 unspecified atom stereocenters. The number of piperazine rings is 1. The molecule has 0 aromatic carbocycles. The molecule has 1 saturated heterocycles. The summed E-state index contributed by atoms with van der Waals surface area (Å²) in [5.74, 6) is 2.97. The van der Waals surface area contributed by atoms with Crippen LogP contribution in [0.25, 0.3) is 0 Å². The van der Waals surface area contributed by atoms with Crippen molar-refractivity contribution in [2.24, 2.45) is 9.98 Å². The highest BCUT2D eigenvalue weighted by Gasteiger charge is 2.28. The van der Waals surface area contributed by atoms with E-state index in [0.717, 1.165) is 67.8 Å². The molecular formula is C20H28N6O2. The van der Waals surface area contributed by atoms with Gasteiger partial charge in [0.25, 0.3) is 0 Å². The molecule has 28 heavy (non-hydrogen) atoms. The SMILES string of the molecule is CCC1CN2C=NC(N3CCN(C(=O)CCc4c(C)noc4C)CC3)=CC2=N1. The molecule has 0 spiro atoms. The third-order valence-electron chi connectivity index (χ3n) is 5.80. The number of hydrogen-bond donors (Lipinski definition) is 0. The van der Waals surface area contributed by atoms with Gasteiger partial charge in [-0.3, -0.25) is 9.79 Å². The van der Waals surface area contributed by atoms with Crippen molar-refractivity contribution < 1.29 is 9.32 Å². The van der Waals surface area contributed by atoms with Gasteiger partial charge in [0, 0.05) is 50.8 Å². The first-order valence-corrected chi connectivity index (χ1v) is 10.1. The minimum atomic E-state index is 0.193. The lowest BCUT2D eigenvalue weighted by Gasteiger charge is -2.37. The zero-order valence-electron chi connectivity index (χ0n) is 16.9. The lowest BCUT2D eigenvalue weighted by Crippen LogP contribution is -2.48. The van der Waals surface area contributed by atoms with E-state index < -0.39 is 0 Å². The van der Waals surface area contributed by atoms with Crippen LogP contribution in [0.4, 0.5) is 0 Å². The van der Waals surface area contributed by atoms with Gasteiger partial charge in [0.1, 0.15) is 17.4 Å². The second kappa shape index (κ2) is 7.77. The Kier molecular flexibility index (Phi) is 5.19. The van der Waals surface area contributed by atoms with Gasteiger partial charge in [-0.15, -0.1) is 0 Å². The molecule has 4 heterocycles. The smallest absolute Gasteiger partial charge is 0.223 e. The van der Waals surface area contributed by atoms with Crippen molar-refractivity contribution in [3.05, 3.63) is 28.9 Å². The Morgan fingerprint density at radius 2 is 2.04 bits per heavy atom. The van der Waals surface area contributed by atoms with Gasteiger partial charge >= 0.3 is 0 Å². The van der Waals surface area contributed by atoms with E-state index in [1.54, 1.807) is 0 Å². The van der Waals surface area contributed by atoms with Gasteiger partial charge in [0.2, 0.25) is 5.91 Å². The predicted octanol–water partition coefficient (Wildman–Crippen LogP) is 1.74. The lowest BCUT2D eigenvalue weighted by atomic mass is 10.1. The van der Waals surface area contributed by atoms with Gasteiger partial charge in [-0.1, -0.05) is 12.1 Å². The van der Waals surface area contributed by atoms with Crippen molar-refractivity contribution in [2.75, 3.05) is 32.7 Å². The summed E-state index contributed by atoms with van der Waals surface area (Å²) in [5, 5.41) is 3.96. The number of amidine groups is 1. The molecule has 1 atom stereocenters. The Hall–Kier alpha value is -2.64. The predicted molar refractivity (Wildman–Crippen MR) is 107 cm³/mol. The number of aromatic nitrogens is 1. The number of carbonyl (C=O) groups excluding carboxylic acids is 1. The van der Waals surface area contributed by atoms with E-state index in [-0.39, 0.29) is 5.91 Å². The molecule has 1 fully saturated rings. The van der Waals surface area contributed by atoms with E-state index in [0.29, 0.717) is 18.9 Å². The van der Waals surface area contributed by atoms with Crippen molar-refractivity contribution in [3.63, 3.8) is 0 Å². The highest BCUT2D eigenvalue weighted by atomic mass is 16.5. The fourth-order valence-electron chi connectivity index (χ4n) is 3.96. The van der Waals surface area contributed by atoms with Crippen molar-refractivity contribution in [2.45, 2.75) is 46.1 Å². The summed E-state index contributed by atoms with van der Waals surface area (Å²) in [6.45, 7) is 9.95. The molecule has 1 aromatic rings. The highest BCUT2D eigenvalue weighted by Crippen LogP contribution is 2.20. The molecule has 3 aliphatic heterocycles. The van der Waals surface area contributed by atoms with Gasteiger partial charge < -0.3 is 19.2 Å². The monoisotopic (exact) mass is 384 g/mol. The van der Waals surface area contributed by atoms with Crippen LogP contribution in [0.1, 0.15) is 36.8 Å². The van der Waals surface area contributed by atoms with Crippen LogP contribution in [0.3, 0.4) is 0 Å². The number of carbonyl (C=O) groups is 1. The molecule has 0 bridgehead atoms. The molecule has 8 heteroatoms. The first-order valence-electron chi connectivity index (χ1n) is 10.1. The van der Waals surface area contributed by atoms with E-state index in [4.69, 9.17) is 9.52 Å². The van der Waals surface area contributed by atoms with Crippen LogP contribution >= 0.6 is 0 Å². The standard InChI is InChI=1S/C20H28N6O2/c1-4-16-12-26-13-21-18(11-19(26)22-16)24-7-9-25(10-8-24)20(27)6-5-17-14(2)23-28-15(17)3/h11,13,16H,4-10,12H2,1-3H3. The zero-order valence-corrected chi connectivity index (χ0v) is 16.9. The van der Waals surface area contributed by atoms with E-state index in [2.05, 4.69) is 32.9 Å². The van der Waals surface area contributed by atoms with Gasteiger partial charge in [-0.25, -0.2) is 4.99 Å². The van der Waals surface area contributed by atoms with E-state index in [1.165, 1.54) is 0 Å². The van der Waals surface area contributed by atoms with Gasteiger partial charge in [-0.2, -0.15) is 0 Å². The second-order valence-corrected chi connectivity index (χ2v) is 7.62. The summed E-state index contributed by atoms with van der Waals surface area (Å²) in [7, 11) is 0. The Morgan fingerprint density at radius 1 is 1.25 bits per heavy atom. The molecule has 0 N–H and O–H groups in total. The Morgan fingerprint density at radius 3 is 2.71 bits per heavy atom. The number of aliphatic imine (C=N–C) groups is 2. The van der Waals surface area contributed by atoms with Crippen molar-refractivity contribution in [1.29, 1.82) is 0 Å². The van der Waals surface area contributed by atoms with Crippen LogP contribution < -0.4 is 0 Å². The fourth-order valence-corrected chi connectivity index (χ4v) is 3.96. The van der Waals surface area contributed by atoms with Crippen molar-refractivity contribution in [1.82, 2.24) is 19.9 Å². The normalized spacial score (nSPS) is 21.7. The third kappa shape index (κ3) is 3.68. The van der Waals surface area contributed by atoms with Crippen LogP contribution in [-0.4, -0.2) is 76.7 Å². The lowest BCUT2D eigenvalue weighted by molar-refractivity contribution is -0.132. The molecule has 8 nitrogen and oxygen atoms in total. The first kappa shape index (κ1) is 18.7. The molecule has 0 radical (unpaired) electrons. The molecule has 1 aromatic heterocycles. The van der Waals surface area contributed by atoms with Crippen LogP contribution in [0, 0.1) is 13.8 Å². The van der Waals surface area contributed by atoms with Crippen molar-refractivity contribution in [3.8, 4) is 0 Å². The highest BCUT2D eigenvalue weighted by molar-refractivity contribution is 6.03. The first-order chi connectivity index (χ1) is 13.5. The van der Waals surface area contributed by atoms with Crippen LogP contribution in [-0.2, 0) is 11.2 Å². The summed E-state index contributed by atoms with van der Waals surface area (Å²) in [6.07, 6.45) is 6.19. The number of rotatable bonds is 5. The molecule has 0 saturated carbocycles. The van der Waals surface area contributed by atoms with E-state index >= 15 is 0 Å². The van der Waals surface area contributed by atoms with Gasteiger partial charge in [0.15, 0.2) is 0 Å². The maximum Gasteiger partial charge on any atom is 0.223 e. The fraction of sp³-hybridized carbons (Fsp3) is 0.600. The number of hydrogen-bond acceptors (Lipinski definition) is 7. The topological polar surface area (TPSA) is 77.5 Å². The molecule has 0 aliphatic carbocycles. The number of fused-ring (bicyclic) bond motifs is 1. The molecular weight excluding hydrogens is 356 g/mol. The van der Waals surface area contributed by atoms with Crippen LogP contribution in [0.15, 0.2) is 26.4 Å². The average Bonchev–Trinajstić information content (AvgIpc) is 3.28. The Balaban J connectivity index is 1.30. The van der Waals surface area contributed by atoms with E-state index in [9.17, 15) is 4.79 Å².